The van der Waals surface area contributed by atoms with Crippen molar-refractivity contribution in [3.05, 3.63) is 95.1 Å². The number of fused-ring (bicyclic) bond motifs is 1. The number of aryl methyl sites for hydroxylation is 2. The van der Waals surface area contributed by atoms with Crippen LogP contribution in [0.4, 0.5) is 10.1 Å². The molecule has 2 amide bonds. The first-order valence-electron chi connectivity index (χ1n) is 11.3. The van der Waals surface area contributed by atoms with Crippen LogP contribution < -0.4 is 10.2 Å². The number of hydrogen-bond acceptors (Lipinski definition) is 4. The fourth-order valence-electron chi connectivity index (χ4n) is 4.48. The second kappa shape index (κ2) is 8.54. The first kappa shape index (κ1) is 22.6. The highest BCUT2D eigenvalue weighted by molar-refractivity contribution is 6.12. The number of nitrogens with one attached hydrogen (secondary N) is 1. The van der Waals surface area contributed by atoms with Crippen LogP contribution in [0.1, 0.15) is 34.1 Å². The van der Waals surface area contributed by atoms with Gasteiger partial charge in [0, 0.05) is 18.3 Å². The monoisotopic (exact) mass is 472 g/mol. The maximum Gasteiger partial charge on any atom is 0.277 e. The summed E-state index contributed by atoms with van der Waals surface area (Å²) in [5.41, 5.74) is 2.72. The van der Waals surface area contributed by atoms with Crippen molar-refractivity contribution in [2.45, 2.75) is 39.4 Å². The molecule has 0 fully saturated rings. The van der Waals surface area contributed by atoms with Gasteiger partial charge in [-0.1, -0.05) is 24.3 Å². The number of halogens is 1. The molecule has 0 unspecified atom stereocenters. The van der Waals surface area contributed by atoms with Gasteiger partial charge in [0.25, 0.3) is 5.91 Å². The maximum atomic E-state index is 13.9. The van der Waals surface area contributed by atoms with E-state index in [-0.39, 0.29) is 30.7 Å². The van der Waals surface area contributed by atoms with Crippen LogP contribution in [0, 0.1) is 19.7 Å². The molecule has 0 radical (unpaired) electrons. The largest absolute Gasteiger partial charge is 0.463 e. The number of benzene rings is 2. The molecule has 178 valence electrons. The van der Waals surface area contributed by atoms with Crippen LogP contribution >= 0.6 is 0 Å². The minimum absolute atomic E-state index is 0.130. The second-order valence-corrected chi connectivity index (χ2v) is 9.07. The Labute approximate surface area is 202 Å². The molecule has 7 nitrogen and oxygen atoms in total. The molecule has 1 N–H and O–H groups in total. The number of anilines is 1. The minimum Gasteiger partial charge on any atom is -0.463 e. The van der Waals surface area contributed by atoms with Crippen molar-refractivity contribution >= 4 is 17.5 Å². The van der Waals surface area contributed by atoms with Crippen LogP contribution in [0.25, 0.3) is 11.5 Å². The number of carbonyl (C=O) groups is 2. The van der Waals surface area contributed by atoms with E-state index in [0.29, 0.717) is 28.4 Å². The number of carbonyl (C=O) groups excluding carboxylic acids is 2. The summed E-state index contributed by atoms with van der Waals surface area (Å²) in [6.45, 7) is 5.85. The van der Waals surface area contributed by atoms with E-state index in [2.05, 4.69) is 10.4 Å². The molecule has 3 heterocycles. The van der Waals surface area contributed by atoms with Gasteiger partial charge in [0.2, 0.25) is 5.91 Å². The summed E-state index contributed by atoms with van der Waals surface area (Å²) in [7, 11) is 0. The summed E-state index contributed by atoms with van der Waals surface area (Å²) in [5, 5.41) is 7.46. The molecule has 4 aromatic rings. The first-order valence-corrected chi connectivity index (χ1v) is 11.3. The molecular weight excluding hydrogens is 447 g/mol. The van der Waals surface area contributed by atoms with Gasteiger partial charge in [0.05, 0.1) is 12.8 Å². The first-order chi connectivity index (χ1) is 16.8. The third-order valence-corrected chi connectivity index (χ3v) is 6.36. The standard InChI is InChI=1S/C27H25FN4O3/c1-17-9-10-18(2)22(12-17)32-25(33)23-14-21(24-8-5-11-35-24)30-31(23)16-27(32,3)26(34)29-15-19-6-4-7-20(28)13-19/h4-14H,15-16H2,1-3H3,(H,29,34)/t27-/m1/s1. The molecule has 0 bridgehead atoms. The average Bonchev–Trinajstić information content (AvgIpc) is 3.50. The summed E-state index contributed by atoms with van der Waals surface area (Å²) >= 11 is 0. The van der Waals surface area contributed by atoms with Crippen molar-refractivity contribution < 1.29 is 18.4 Å². The Hall–Kier alpha value is -4.20. The molecule has 35 heavy (non-hydrogen) atoms. The van der Waals surface area contributed by atoms with Gasteiger partial charge in [0.15, 0.2) is 5.76 Å². The Bertz CT molecular complexity index is 1430. The Morgan fingerprint density at radius 1 is 1.14 bits per heavy atom. The van der Waals surface area contributed by atoms with Gasteiger partial charge in [0.1, 0.15) is 22.7 Å². The molecule has 0 saturated heterocycles. The third-order valence-electron chi connectivity index (χ3n) is 6.36. The zero-order chi connectivity index (χ0) is 24.7. The van der Waals surface area contributed by atoms with Gasteiger partial charge in [-0.3, -0.25) is 19.2 Å². The predicted octanol–water partition coefficient (Wildman–Crippen LogP) is 4.63. The number of hydrogen-bond donors (Lipinski definition) is 1. The summed E-state index contributed by atoms with van der Waals surface area (Å²) < 4.78 is 20.7. The van der Waals surface area contributed by atoms with Gasteiger partial charge in [-0.15, -0.1) is 0 Å². The Balaban J connectivity index is 1.57. The normalized spacial score (nSPS) is 17.4. The molecule has 2 aromatic heterocycles. The Morgan fingerprint density at radius 2 is 1.97 bits per heavy atom. The second-order valence-electron chi connectivity index (χ2n) is 9.07. The van der Waals surface area contributed by atoms with Crippen LogP contribution in [0.3, 0.4) is 0 Å². The van der Waals surface area contributed by atoms with Crippen LogP contribution in [0.5, 0.6) is 0 Å². The maximum absolute atomic E-state index is 13.9. The smallest absolute Gasteiger partial charge is 0.277 e. The number of rotatable bonds is 5. The summed E-state index contributed by atoms with van der Waals surface area (Å²) in [6.07, 6.45) is 1.54. The van der Waals surface area contributed by atoms with E-state index in [1.165, 1.54) is 12.1 Å². The lowest BCUT2D eigenvalue weighted by Gasteiger charge is -2.43. The van der Waals surface area contributed by atoms with Gasteiger partial charge in [-0.2, -0.15) is 5.10 Å². The highest BCUT2D eigenvalue weighted by Crippen LogP contribution is 2.36. The van der Waals surface area contributed by atoms with Gasteiger partial charge >= 0.3 is 0 Å². The summed E-state index contributed by atoms with van der Waals surface area (Å²) in [5.74, 6) is -0.537. The van der Waals surface area contributed by atoms with E-state index in [4.69, 9.17) is 4.42 Å². The van der Waals surface area contributed by atoms with Crippen LogP contribution in [0.15, 0.2) is 71.3 Å². The molecule has 8 heteroatoms. The lowest BCUT2D eigenvalue weighted by atomic mass is 9.92. The zero-order valence-corrected chi connectivity index (χ0v) is 19.7. The molecule has 1 aliphatic heterocycles. The minimum atomic E-state index is -1.29. The van der Waals surface area contributed by atoms with E-state index in [1.54, 1.807) is 53.1 Å². The highest BCUT2D eigenvalue weighted by Gasteiger charge is 2.49. The number of nitrogens with zero attached hydrogens (tertiary/aromatic N) is 3. The van der Waals surface area contributed by atoms with E-state index in [0.717, 1.165) is 11.1 Å². The van der Waals surface area contributed by atoms with E-state index in [9.17, 15) is 14.0 Å². The average molecular weight is 473 g/mol. The quantitative estimate of drug-likeness (QED) is 0.459. The Kier molecular flexibility index (Phi) is 5.51. The lowest BCUT2D eigenvalue weighted by molar-refractivity contribution is -0.126. The molecule has 0 aliphatic carbocycles. The number of aromatic nitrogens is 2. The SMILES string of the molecule is Cc1ccc(C)c(N2C(=O)c3cc(-c4ccco4)nn3C[C@]2(C)C(=O)NCc2cccc(F)c2)c1. The van der Waals surface area contributed by atoms with Crippen molar-refractivity contribution in [3.63, 3.8) is 0 Å². The number of furan rings is 1. The predicted molar refractivity (Wildman–Crippen MR) is 129 cm³/mol. The van der Waals surface area contributed by atoms with E-state index in [1.807, 2.05) is 32.0 Å². The van der Waals surface area contributed by atoms with E-state index >= 15 is 0 Å². The lowest BCUT2D eigenvalue weighted by Crippen LogP contribution is -2.64. The van der Waals surface area contributed by atoms with Crippen molar-refractivity contribution in [2.24, 2.45) is 0 Å². The number of amides is 2. The molecule has 0 saturated carbocycles. The summed E-state index contributed by atoms with van der Waals surface area (Å²) in [4.78, 5) is 29.2. The highest BCUT2D eigenvalue weighted by atomic mass is 19.1. The van der Waals surface area contributed by atoms with Gasteiger partial charge < -0.3 is 9.73 Å². The van der Waals surface area contributed by atoms with Crippen molar-refractivity contribution in [3.8, 4) is 11.5 Å². The van der Waals surface area contributed by atoms with Crippen molar-refractivity contribution in [1.29, 1.82) is 0 Å². The summed E-state index contributed by atoms with van der Waals surface area (Å²) in [6, 6.07) is 17.1. The molecule has 5 rings (SSSR count). The van der Waals surface area contributed by atoms with Gasteiger partial charge in [-0.25, -0.2) is 4.39 Å². The van der Waals surface area contributed by atoms with Crippen molar-refractivity contribution in [2.75, 3.05) is 4.90 Å². The van der Waals surface area contributed by atoms with Crippen LogP contribution in [-0.2, 0) is 17.9 Å². The van der Waals surface area contributed by atoms with E-state index < -0.39 is 5.54 Å². The zero-order valence-electron chi connectivity index (χ0n) is 19.7. The molecule has 2 aromatic carbocycles. The molecule has 1 atom stereocenters. The fraction of sp³-hybridized carbons (Fsp3) is 0.222. The van der Waals surface area contributed by atoms with Gasteiger partial charge in [-0.05, 0) is 67.8 Å². The molecular formula is C27H25FN4O3. The van der Waals surface area contributed by atoms with Crippen molar-refractivity contribution in [1.82, 2.24) is 15.1 Å². The fourth-order valence-corrected chi connectivity index (χ4v) is 4.48. The molecule has 1 aliphatic rings. The van der Waals surface area contributed by atoms with Crippen LogP contribution in [0.2, 0.25) is 0 Å². The topological polar surface area (TPSA) is 80.4 Å². The third kappa shape index (κ3) is 4.01. The van der Waals surface area contributed by atoms with Crippen LogP contribution in [-0.4, -0.2) is 27.1 Å². The molecule has 0 spiro atoms. The Morgan fingerprint density at radius 3 is 2.71 bits per heavy atom.